The molecule has 0 aromatic rings. The van der Waals surface area contributed by atoms with Crippen molar-refractivity contribution in [1.29, 1.82) is 0 Å². The van der Waals surface area contributed by atoms with E-state index in [0.29, 0.717) is 0 Å². The van der Waals surface area contributed by atoms with Gasteiger partial charge in [-0.25, -0.2) is 0 Å². The molecule has 0 bridgehead atoms. The van der Waals surface area contributed by atoms with Crippen LogP contribution in [-0.4, -0.2) is 12.6 Å². The third-order valence-electron chi connectivity index (χ3n) is 5.46. The molecule has 0 amide bonds. The van der Waals surface area contributed by atoms with Gasteiger partial charge in [-0.05, 0) is 56.4 Å². The molecule has 1 nitrogen and oxygen atoms in total. The Hall–Kier alpha value is -0.0400. The Bertz CT molecular complexity index is 228. The molecule has 0 saturated heterocycles. The fraction of sp³-hybridized carbons (Fsp3) is 1.00. The van der Waals surface area contributed by atoms with Crippen LogP contribution in [0.5, 0.6) is 0 Å². The van der Waals surface area contributed by atoms with Crippen LogP contribution in [0.25, 0.3) is 0 Å². The van der Waals surface area contributed by atoms with Gasteiger partial charge in [-0.15, -0.1) is 0 Å². The van der Waals surface area contributed by atoms with Crippen molar-refractivity contribution in [3.63, 3.8) is 0 Å². The first-order chi connectivity index (χ1) is 8.42. The van der Waals surface area contributed by atoms with Gasteiger partial charge in [-0.3, -0.25) is 0 Å². The lowest BCUT2D eigenvalue weighted by atomic mass is 9.82. The molecule has 0 spiro atoms. The number of hydrogen-bond donors (Lipinski definition) is 1. The predicted octanol–water partition coefficient (Wildman–Crippen LogP) is 4.13. The average Bonchev–Trinajstić information content (AvgIpc) is 3.09. The van der Waals surface area contributed by atoms with E-state index < -0.39 is 0 Å². The van der Waals surface area contributed by atoms with Crippen LogP contribution in [0.4, 0.5) is 0 Å². The lowest BCUT2D eigenvalue weighted by Crippen LogP contribution is -2.35. The lowest BCUT2D eigenvalue weighted by molar-refractivity contribution is 0.257. The van der Waals surface area contributed by atoms with Gasteiger partial charge in [0.25, 0.3) is 0 Å². The van der Waals surface area contributed by atoms with Crippen LogP contribution in [0.1, 0.15) is 70.6 Å². The van der Waals surface area contributed by atoms with Crippen LogP contribution in [0.3, 0.4) is 0 Å². The molecular formula is C16H29N. The maximum absolute atomic E-state index is 3.86. The topological polar surface area (TPSA) is 12.0 Å². The summed E-state index contributed by atoms with van der Waals surface area (Å²) in [4.78, 5) is 0. The average molecular weight is 235 g/mol. The summed E-state index contributed by atoms with van der Waals surface area (Å²) in [5.74, 6) is 3.28. The molecule has 0 heterocycles. The van der Waals surface area contributed by atoms with Gasteiger partial charge in [-0.2, -0.15) is 0 Å². The van der Waals surface area contributed by atoms with E-state index in [4.69, 9.17) is 0 Å². The van der Waals surface area contributed by atoms with Crippen LogP contribution in [-0.2, 0) is 0 Å². The molecule has 0 radical (unpaired) electrons. The molecule has 1 N–H and O–H groups in total. The fourth-order valence-electron chi connectivity index (χ4n) is 4.20. The summed E-state index contributed by atoms with van der Waals surface area (Å²) in [6.45, 7) is 1.30. The van der Waals surface area contributed by atoms with Gasteiger partial charge >= 0.3 is 0 Å². The second-order valence-electron chi connectivity index (χ2n) is 6.85. The summed E-state index contributed by atoms with van der Waals surface area (Å²) >= 11 is 0. The van der Waals surface area contributed by atoms with E-state index in [1.807, 2.05) is 0 Å². The quantitative estimate of drug-likeness (QED) is 0.755. The van der Waals surface area contributed by atoms with Crippen molar-refractivity contribution < 1.29 is 0 Å². The Morgan fingerprint density at radius 3 is 2.35 bits per heavy atom. The first-order valence-electron chi connectivity index (χ1n) is 8.15. The Labute approximate surface area is 107 Å². The van der Waals surface area contributed by atoms with E-state index >= 15 is 0 Å². The molecule has 3 saturated carbocycles. The Morgan fingerprint density at radius 2 is 1.59 bits per heavy atom. The van der Waals surface area contributed by atoms with E-state index in [-0.39, 0.29) is 0 Å². The van der Waals surface area contributed by atoms with Crippen molar-refractivity contribution in [2.75, 3.05) is 6.54 Å². The van der Waals surface area contributed by atoms with Crippen LogP contribution in [0, 0.1) is 17.8 Å². The van der Waals surface area contributed by atoms with E-state index in [2.05, 4.69) is 5.32 Å². The molecule has 3 aliphatic carbocycles. The first kappa shape index (κ1) is 12.0. The number of nitrogens with one attached hydrogen (secondary N) is 1. The van der Waals surface area contributed by atoms with Crippen LogP contribution >= 0.6 is 0 Å². The van der Waals surface area contributed by atoms with Crippen molar-refractivity contribution in [2.45, 2.75) is 76.7 Å². The number of rotatable bonds is 5. The molecule has 2 atom stereocenters. The van der Waals surface area contributed by atoms with Gasteiger partial charge in [0.15, 0.2) is 0 Å². The fourth-order valence-corrected chi connectivity index (χ4v) is 4.20. The molecule has 3 aliphatic rings. The Kier molecular flexibility index (Phi) is 4.05. The van der Waals surface area contributed by atoms with Crippen molar-refractivity contribution in [1.82, 2.24) is 5.32 Å². The molecule has 3 fully saturated rings. The van der Waals surface area contributed by atoms with Gasteiger partial charge in [0.05, 0.1) is 0 Å². The summed E-state index contributed by atoms with van der Waals surface area (Å²) < 4.78 is 0. The molecule has 0 aromatic heterocycles. The minimum atomic E-state index is 0.871. The maximum Gasteiger partial charge on any atom is 0.00698 e. The molecule has 17 heavy (non-hydrogen) atoms. The highest BCUT2D eigenvalue weighted by molar-refractivity contribution is 4.87. The second-order valence-corrected chi connectivity index (χ2v) is 6.85. The van der Waals surface area contributed by atoms with Gasteiger partial charge in [0, 0.05) is 6.04 Å². The molecular weight excluding hydrogens is 206 g/mol. The van der Waals surface area contributed by atoms with E-state index in [1.165, 1.54) is 64.3 Å². The first-order valence-corrected chi connectivity index (χ1v) is 8.15. The highest BCUT2D eigenvalue weighted by Gasteiger charge is 2.34. The molecule has 2 unspecified atom stereocenters. The highest BCUT2D eigenvalue weighted by Crippen LogP contribution is 2.43. The maximum atomic E-state index is 3.86. The van der Waals surface area contributed by atoms with E-state index in [9.17, 15) is 0 Å². The van der Waals surface area contributed by atoms with Crippen LogP contribution < -0.4 is 5.32 Å². The highest BCUT2D eigenvalue weighted by atomic mass is 14.9. The zero-order chi connectivity index (χ0) is 11.5. The minimum Gasteiger partial charge on any atom is -0.314 e. The summed E-state index contributed by atoms with van der Waals surface area (Å²) in [6.07, 6.45) is 16.5. The largest absolute Gasteiger partial charge is 0.314 e. The zero-order valence-corrected chi connectivity index (χ0v) is 11.3. The predicted molar refractivity (Wildman–Crippen MR) is 73.0 cm³/mol. The summed E-state index contributed by atoms with van der Waals surface area (Å²) in [5, 5.41) is 3.86. The normalized spacial score (nSPS) is 35.3. The molecule has 3 rings (SSSR count). The third kappa shape index (κ3) is 3.47. The monoisotopic (exact) mass is 235 g/mol. The molecule has 1 heteroatoms. The third-order valence-corrected chi connectivity index (χ3v) is 5.46. The summed E-state index contributed by atoms with van der Waals surface area (Å²) in [5.41, 5.74) is 0. The molecule has 98 valence electrons. The molecule has 0 aromatic carbocycles. The summed E-state index contributed by atoms with van der Waals surface area (Å²) in [7, 11) is 0. The molecule has 0 aliphatic heterocycles. The summed E-state index contributed by atoms with van der Waals surface area (Å²) in [6, 6.07) is 0.871. The van der Waals surface area contributed by atoms with Crippen molar-refractivity contribution in [2.24, 2.45) is 17.8 Å². The lowest BCUT2D eigenvalue weighted by Gasteiger charge is -2.30. The van der Waals surface area contributed by atoms with Gasteiger partial charge in [0.2, 0.25) is 0 Å². The second kappa shape index (κ2) is 5.73. The van der Waals surface area contributed by atoms with E-state index in [0.717, 1.165) is 23.8 Å². The number of hydrogen-bond acceptors (Lipinski definition) is 1. The van der Waals surface area contributed by atoms with Crippen molar-refractivity contribution in [3.05, 3.63) is 0 Å². The zero-order valence-electron chi connectivity index (χ0n) is 11.3. The Balaban J connectivity index is 1.33. The standard InChI is InChI=1S/C16H29N/c1-2-5-13(4-1)10-11-17-16-7-3-6-15(12-16)14-8-9-14/h13-17H,1-12H2. The smallest absolute Gasteiger partial charge is 0.00698 e. The van der Waals surface area contributed by atoms with Crippen LogP contribution in [0.2, 0.25) is 0 Å². The van der Waals surface area contributed by atoms with Gasteiger partial charge in [0.1, 0.15) is 0 Å². The van der Waals surface area contributed by atoms with Crippen molar-refractivity contribution >= 4 is 0 Å². The Morgan fingerprint density at radius 1 is 0.765 bits per heavy atom. The SMILES string of the molecule is C1CCC(CCNC2CCCC(C3CC3)C2)C1. The van der Waals surface area contributed by atoms with Crippen LogP contribution in [0.15, 0.2) is 0 Å². The minimum absolute atomic E-state index is 0.871. The van der Waals surface area contributed by atoms with Gasteiger partial charge < -0.3 is 5.32 Å². The van der Waals surface area contributed by atoms with Crippen molar-refractivity contribution in [3.8, 4) is 0 Å². The van der Waals surface area contributed by atoms with E-state index in [1.54, 1.807) is 12.8 Å². The van der Waals surface area contributed by atoms with Gasteiger partial charge in [-0.1, -0.05) is 38.5 Å².